The smallest absolute Gasteiger partial charge is 0.217 e. The topological polar surface area (TPSA) is 34.6 Å². The van der Waals surface area contributed by atoms with Crippen molar-refractivity contribution in [2.75, 3.05) is 32.1 Å². The molecule has 1 aromatic rings. The van der Waals surface area contributed by atoms with Crippen molar-refractivity contribution in [2.24, 2.45) is 0 Å². The number of hydrogen-bond donors (Lipinski definition) is 0. The summed E-state index contributed by atoms with van der Waals surface area (Å²) in [7, 11) is 1.66. The Balaban J connectivity index is 2.00. The molecule has 0 amide bonds. The van der Waals surface area contributed by atoms with Gasteiger partial charge in [-0.2, -0.15) is 0 Å². The molecule has 2 heterocycles. The van der Waals surface area contributed by atoms with Crippen LogP contribution in [0.4, 0.5) is 0 Å². The van der Waals surface area contributed by atoms with Crippen LogP contribution in [0.25, 0.3) is 0 Å². The third kappa shape index (κ3) is 3.40. The third-order valence-corrected chi connectivity index (χ3v) is 3.55. The van der Waals surface area contributed by atoms with Crippen molar-refractivity contribution >= 4 is 15.9 Å². The summed E-state index contributed by atoms with van der Waals surface area (Å²) in [6.07, 6.45) is 2.04. The van der Waals surface area contributed by atoms with Crippen LogP contribution in [0, 0.1) is 0 Å². The molecule has 0 radical (unpaired) electrons. The van der Waals surface area contributed by atoms with Crippen LogP contribution >= 0.6 is 15.9 Å². The van der Waals surface area contributed by atoms with E-state index in [1.54, 1.807) is 13.3 Å². The molecule has 1 saturated heterocycles. The maximum absolute atomic E-state index is 5.62. The molecule has 0 N–H and O–H groups in total. The molecule has 0 aromatic carbocycles. The fourth-order valence-electron chi connectivity index (χ4n) is 1.99. The fourth-order valence-corrected chi connectivity index (χ4v) is 2.38. The SMILES string of the molecule is COc1ncccc1CN1CCOC(CBr)C1. The Morgan fingerprint density at radius 2 is 2.53 bits per heavy atom. The van der Waals surface area contributed by atoms with Crippen LogP contribution in [0.3, 0.4) is 0 Å². The molecule has 1 fully saturated rings. The summed E-state index contributed by atoms with van der Waals surface area (Å²) in [6, 6.07) is 4.00. The molecular formula is C12H17BrN2O2. The van der Waals surface area contributed by atoms with E-state index in [4.69, 9.17) is 9.47 Å². The van der Waals surface area contributed by atoms with Crippen molar-refractivity contribution in [3.63, 3.8) is 0 Å². The molecule has 1 aliphatic rings. The minimum absolute atomic E-state index is 0.284. The molecule has 5 heteroatoms. The average Bonchev–Trinajstić information content (AvgIpc) is 2.39. The molecule has 0 saturated carbocycles. The molecule has 17 heavy (non-hydrogen) atoms. The normalized spacial score (nSPS) is 21.4. The van der Waals surface area contributed by atoms with Crippen LogP contribution in [0.2, 0.25) is 0 Å². The van der Waals surface area contributed by atoms with Crippen LogP contribution < -0.4 is 4.74 Å². The minimum Gasteiger partial charge on any atom is -0.481 e. The molecule has 0 aliphatic carbocycles. The average molecular weight is 301 g/mol. The minimum atomic E-state index is 0.284. The van der Waals surface area contributed by atoms with E-state index in [0.717, 1.165) is 43.0 Å². The molecule has 4 nitrogen and oxygen atoms in total. The fraction of sp³-hybridized carbons (Fsp3) is 0.583. The molecule has 2 rings (SSSR count). The molecule has 0 bridgehead atoms. The number of hydrogen-bond acceptors (Lipinski definition) is 4. The van der Waals surface area contributed by atoms with Gasteiger partial charge in [-0.1, -0.05) is 22.0 Å². The van der Waals surface area contributed by atoms with Crippen molar-refractivity contribution in [2.45, 2.75) is 12.6 Å². The van der Waals surface area contributed by atoms with E-state index >= 15 is 0 Å². The lowest BCUT2D eigenvalue weighted by molar-refractivity contribution is -0.0183. The van der Waals surface area contributed by atoms with Crippen molar-refractivity contribution in [3.05, 3.63) is 23.9 Å². The number of rotatable bonds is 4. The predicted molar refractivity (Wildman–Crippen MR) is 69.6 cm³/mol. The zero-order valence-corrected chi connectivity index (χ0v) is 11.5. The second-order valence-corrected chi connectivity index (χ2v) is 4.70. The van der Waals surface area contributed by atoms with E-state index in [-0.39, 0.29) is 6.10 Å². The van der Waals surface area contributed by atoms with Crippen LogP contribution in [0.5, 0.6) is 5.88 Å². The lowest BCUT2D eigenvalue weighted by Crippen LogP contribution is -2.42. The van der Waals surface area contributed by atoms with Crippen molar-refractivity contribution in [3.8, 4) is 5.88 Å². The standard InChI is InChI=1S/C12H17BrN2O2/c1-16-12-10(3-2-4-14-12)8-15-5-6-17-11(7-13)9-15/h2-4,11H,5-9H2,1H3. The summed E-state index contributed by atoms with van der Waals surface area (Å²) >= 11 is 3.46. The monoisotopic (exact) mass is 300 g/mol. The number of aromatic nitrogens is 1. The Bertz CT molecular complexity index is 362. The lowest BCUT2D eigenvalue weighted by Gasteiger charge is -2.32. The van der Waals surface area contributed by atoms with E-state index in [1.807, 2.05) is 6.07 Å². The van der Waals surface area contributed by atoms with E-state index in [1.165, 1.54) is 0 Å². The number of nitrogens with zero attached hydrogens (tertiary/aromatic N) is 2. The van der Waals surface area contributed by atoms with Crippen LogP contribution in [0.15, 0.2) is 18.3 Å². The first kappa shape index (κ1) is 12.8. The van der Waals surface area contributed by atoms with Gasteiger partial charge in [0.05, 0.1) is 19.8 Å². The first-order chi connectivity index (χ1) is 8.33. The summed E-state index contributed by atoms with van der Waals surface area (Å²) in [5.41, 5.74) is 1.13. The number of morpholine rings is 1. The molecule has 1 unspecified atom stereocenters. The maximum atomic E-state index is 5.62. The zero-order valence-electron chi connectivity index (χ0n) is 9.93. The number of methoxy groups -OCH3 is 1. The van der Waals surface area contributed by atoms with Crippen molar-refractivity contribution < 1.29 is 9.47 Å². The number of alkyl halides is 1. The van der Waals surface area contributed by atoms with E-state index in [2.05, 4.69) is 31.9 Å². The van der Waals surface area contributed by atoms with E-state index < -0.39 is 0 Å². The van der Waals surface area contributed by atoms with Gasteiger partial charge in [-0.3, -0.25) is 4.90 Å². The highest BCUT2D eigenvalue weighted by Gasteiger charge is 2.20. The largest absolute Gasteiger partial charge is 0.481 e. The van der Waals surface area contributed by atoms with Crippen LogP contribution in [0.1, 0.15) is 5.56 Å². The Morgan fingerprint density at radius 1 is 1.65 bits per heavy atom. The summed E-state index contributed by atoms with van der Waals surface area (Å²) in [5, 5.41) is 0.883. The highest BCUT2D eigenvalue weighted by molar-refractivity contribution is 9.09. The number of halogens is 1. The predicted octanol–water partition coefficient (Wildman–Crippen LogP) is 1.69. The van der Waals surface area contributed by atoms with Crippen LogP contribution in [-0.4, -0.2) is 48.1 Å². The second-order valence-electron chi connectivity index (χ2n) is 4.05. The van der Waals surface area contributed by atoms with E-state index in [9.17, 15) is 0 Å². The van der Waals surface area contributed by atoms with Crippen LogP contribution in [-0.2, 0) is 11.3 Å². The van der Waals surface area contributed by atoms with Gasteiger partial charge in [0, 0.05) is 36.7 Å². The quantitative estimate of drug-likeness (QED) is 0.793. The molecule has 1 aliphatic heterocycles. The molecule has 1 aromatic heterocycles. The van der Waals surface area contributed by atoms with Gasteiger partial charge in [-0.15, -0.1) is 0 Å². The Labute approximate surface area is 110 Å². The van der Waals surface area contributed by atoms with Gasteiger partial charge < -0.3 is 9.47 Å². The van der Waals surface area contributed by atoms with Gasteiger partial charge in [-0.05, 0) is 6.07 Å². The molecule has 94 valence electrons. The van der Waals surface area contributed by atoms with Gasteiger partial charge >= 0.3 is 0 Å². The van der Waals surface area contributed by atoms with E-state index in [0.29, 0.717) is 0 Å². The Kier molecular flexibility index (Phi) is 4.76. The van der Waals surface area contributed by atoms with Gasteiger partial charge in [0.2, 0.25) is 5.88 Å². The second kappa shape index (κ2) is 6.33. The first-order valence-electron chi connectivity index (χ1n) is 5.71. The highest BCUT2D eigenvalue weighted by atomic mass is 79.9. The summed E-state index contributed by atoms with van der Waals surface area (Å²) in [6.45, 7) is 3.56. The van der Waals surface area contributed by atoms with Crippen molar-refractivity contribution in [1.82, 2.24) is 9.88 Å². The number of ether oxygens (including phenoxy) is 2. The number of pyridine rings is 1. The molecule has 0 spiro atoms. The molecular weight excluding hydrogens is 284 g/mol. The Hall–Kier alpha value is -0.650. The van der Waals surface area contributed by atoms with Gasteiger partial charge in [0.25, 0.3) is 0 Å². The summed E-state index contributed by atoms with van der Waals surface area (Å²) < 4.78 is 10.9. The third-order valence-electron chi connectivity index (χ3n) is 2.83. The first-order valence-corrected chi connectivity index (χ1v) is 6.83. The van der Waals surface area contributed by atoms with Gasteiger partial charge in [-0.25, -0.2) is 4.98 Å². The highest BCUT2D eigenvalue weighted by Crippen LogP contribution is 2.18. The maximum Gasteiger partial charge on any atom is 0.217 e. The summed E-state index contributed by atoms with van der Waals surface area (Å²) in [4.78, 5) is 6.58. The zero-order chi connectivity index (χ0) is 12.1. The molecule has 1 atom stereocenters. The van der Waals surface area contributed by atoms with Gasteiger partial charge in [0.15, 0.2) is 0 Å². The Morgan fingerprint density at radius 3 is 3.29 bits per heavy atom. The summed E-state index contributed by atoms with van der Waals surface area (Å²) in [5.74, 6) is 0.717. The van der Waals surface area contributed by atoms with Gasteiger partial charge in [0.1, 0.15) is 0 Å². The van der Waals surface area contributed by atoms with Crippen molar-refractivity contribution in [1.29, 1.82) is 0 Å². The lowest BCUT2D eigenvalue weighted by atomic mass is 10.2.